The van der Waals surface area contributed by atoms with Crippen LogP contribution in [0.15, 0.2) is 42.5 Å². The highest BCUT2D eigenvalue weighted by Gasteiger charge is 2.36. The molecule has 2 aromatic rings. The molecule has 0 aliphatic carbocycles. The third-order valence-corrected chi connectivity index (χ3v) is 5.82. The molecule has 1 aromatic carbocycles. The highest BCUT2D eigenvalue weighted by Crippen LogP contribution is 2.33. The SMILES string of the molecule is C[C@@H]1C(=O)Cc2ccc(Cl)nc2N1C1CCN(Cc2ccccc2)CC1. The Morgan fingerprint density at radius 1 is 1.12 bits per heavy atom. The highest BCUT2D eigenvalue weighted by molar-refractivity contribution is 6.29. The van der Waals surface area contributed by atoms with Crippen LogP contribution in [-0.2, 0) is 17.8 Å². The Balaban J connectivity index is 1.48. The zero-order valence-electron chi connectivity index (χ0n) is 15.1. The third-order valence-electron chi connectivity index (χ3n) is 5.61. The van der Waals surface area contributed by atoms with Gasteiger partial charge >= 0.3 is 0 Å². The molecule has 2 aliphatic rings. The fourth-order valence-corrected chi connectivity index (χ4v) is 4.32. The number of pyridine rings is 1. The van der Waals surface area contributed by atoms with Crippen molar-refractivity contribution in [2.24, 2.45) is 0 Å². The summed E-state index contributed by atoms with van der Waals surface area (Å²) in [4.78, 5) is 21.8. The summed E-state index contributed by atoms with van der Waals surface area (Å²) in [5.41, 5.74) is 2.36. The van der Waals surface area contributed by atoms with Crippen molar-refractivity contribution in [1.29, 1.82) is 0 Å². The minimum absolute atomic E-state index is 0.126. The van der Waals surface area contributed by atoms with E-state index in [1.54, 1.807) is 6.07 Å². The molecule has 0 radical (unpaired) electrons. The molecule has 5 heteroatoms. The molecular weight excluding hydrogens is 346 g/mol. The van der Waals surface area contributed by atoms with E-state index in [9.17, 15) is 4.79 Å². The number of benzene rings is 1. The van der Waals surface area contributed by atoms with Crippen molar-refractivity contribution in [3.05, 3.63) is 58.7 Å². The molecule has 0 bridgehead atoms. The number of hydrogen-bond donors (Lipinski definition) is 0. The van der Waals surface area contributed by atoms with Crippen molar-refractivity contribution in [2.75, 3.05) is 18.0 Å². The first-order valence-electron chi connectivity index (χ1n) is 9.34. The first-order valence-corrected chi connectivity index (χ1v) is 9.72. The van der Waals surface area contributed by atoms with Gasteiger partial charge in [0.2, 0.25) is 0 Å². The number of carbonyl (C=O) groups excluding carboxylic acids is 1. The molecule has 1 atom stereocenters. The number of nitrogens with zero attached hydrogens (tertiary/aromatic N) is 3. The number of ketones is 1. The smallest absolute Gasteiger partial charge is 0.159 e. The van der Waals surface area contributed by atoms with Crippen LogP contribution in [0.4, 0.5) is 5.82 Å². The van der Waals surface area contributed by atoms with Crippen LogP contribution in [-0.4, -0.2) is 40.8 Å². The molecule has 4 nitrogen and oxygen atoms in total. The van der Waals surface area contributed by atoms with Crippen LogP contribution in [0, 0.1) is 0 Å². The van der Waals surface area contributed by atoms with Crippen LogP contribution >= 0.6 is 11.6 Å². The molecule has 1 saturated heterocycles. The second-order valence-electron chi connectivity index (χ2n) is 7.34. The number of hydrogen-bond acceptors (Lipinski definition) is 4. The van der Waals surface area contributed by atoms with E-state index in [1.807, 2.05) is 13.0 Å². The molecule has 3 heterocycles. The lowest BCUT2D eigenvalue weighted by Crippen LogP contribution is -2.53. The van der Waals surface area contributed by atoms with Gasteiger partial charge in [-0.25, -0.2) is 4.98 Å². The van der Waals surface area contributed by atoms with Gasteiger partial charge in [-0.2, -0.15) is 0 Å². The molecule has 136 valence electrons. The predicted molar refractivity (Wildman–Crippen MR) is 105 cm³/mol. The lowest BCUT2D eigenvalue weighted by Gasteiger charge is -2.44. The quantitative estimate of drug-likeness (QED) is 0.772. The Hall–Kier alpha value is -1.91. The summed E-state index contributed by atoms with van der Waals surface area (Å²) < 4.78 is 0. The molecule has 1 fully saturated rings. The monoisotopic (exact) mass is 369 g/mol. The number of carbonyl (C=O) groups is 1. The van der Waals surface area contributed by atoms with Gasteiger partial charge < -0.3 is 4.90 Å². The predicted octanol–water partition coefficient (Wildman–Crippen LogP) is 3.72. The average Bonchev–Trinajstić information content (AvgIpc) is 2.65. The molecular formula is C21H24ClN3O. The standard InChI is InChI=1S/C21H24ClN3O/c1-15-19(26)13-17-7-8-20(22)23-21(17)25(15)18-9-11-24(12-10-18)14-16-5-3-2-4-6-16/h2-8,15,18H,9-14H2,1H3/t15-/m1/s1. The normalized spacial score (nSPS) is 21.7. The molecule has 2 aliphatic heterocycles. The minimum atomic E-state index is -0.126. The van der Waals surface area contributed by atoms with Gasteiger partial charge in [-0.05, 0) is 31.4 Å². The molecule has 0 amide bonds. The Kier molecular flexibility index (Phi) is 4.96. The van der Waals surface area contributed by atoms with Crippen LogP contribution < -0.4 is 4.90 Å². The number of Topliss-reactive ketones (excluding diaryl/α,β-unsaturated/α-hetero) is 1. The Morgan fingerprint density at radius 3 is 2.58 bits per heavy atom. The van der Waals surface area contributed by atoms with Crippen molar-refractivity contribution in [3.8, 4) is 0 Å². The van der Waals surface area contributed by atoms with Crippen molar-refractivity contribution in [3.63, 3.8) is 0 Å². The van der Waals surface area contributed by atoms with E-state index in [0.717, 1.165) is 43.9 Å². The third kappa shape index (κ3) is 3.49. The van der Waals surface area contributed by atoms with E-state index in [-0.39, 0.29) is 11.8 Å². The van der Waals surface area contributed by atoms with Crippen molar-refractivity contribution >= 4 is 23.2 Å². The lowest BCUT2D eigenvalue weighted by molar-refractivity contribution is -0.119. The average molecular weight is 370 g/mol. The number of halogens is 1. The van der Waals surface area contributed by atoms with Crippen LogP contribution in [0.5, 0.6) is 0 Å². The van der Waals surface area contributed by atoms with Crippen molar-refractivity contribution in [2.45, 2.75) is 44.8 Å². The molecule has 0 spiro atoms. The van der Waals surface area contributed by atoms with E-state index >= 15 is 0 Å². The number of aromatic nitrogens is 1. The summed E-state index contributed by atoms with van der Waals surface area (Å²) in [5, 5.41) is 0.497. The largest absolute Gasteiger partial charge is 0.343 e. The zero-order valence-corrected chi connectivity index (χ0v) is 15.8. The van der Waals surface area contributed by atoms with Crippen molar-refractivity contribution < 1.29 is 4.79 Å². The molecule has 4 rings (SSSR count). The van der Waals surface area contributed by atoms with Crippen LogP contribution in [0.3, 0.4) is 0 Å². The van der Waals surface area contributed by atoms with Crippen LogP contribution in [0.2, 0.25) is 5.15 Å². The summed E-state index contributed by atoms with van der Waals surface area (Å²) >= 11 is 6.15. The molecule has 0 unspecified atom stereocenters. The van der Waals surface area contributed by atoms with Gasteiger partial charge in [0.05, 0.1) is 6.04 Å². The summed E-state index contributed by atoms with van der Waals surface area (Å²) in [6.07, 6.45) is 2.54. The maximum Gasteiger partial charge on any atom is 0.159 e. The van der Waals surface area contributed by atoms with Gasteiger partial charge in [0.15, 0.2) is 5.78 Å². The second-order valence-corrected chi connectivity index (χ2v) is 7.72. The molecule has 0 N–H and O–H groups in total. The summed E-state index contributed by atoms with van der Waals surface area (Å²) in [5.74, 6) is 1.18. The summed E-state index contributed by atoms with van der Waals surface area (Å²) in [6, 6.07) is 14.5. The second kappa shape index (κ2) is 7.37. The molecule has 26 heavy (non-hydrogen) atoms. The first-order chi connectivity index (χ1) is 12.6. The van der Waals surface area contributed by atoms with Gasteiger partial charge in [0, 0.05) is 37.7 Å². The topological polar surface area (TPSA) is 36.4 Å². The number of anilines is 1. The molecule has 1 aromatic heterocycles. The number of fused-ring (bicyclic) bond motifs is 1. The fraction of sp³-hybridized carbons (Fsp3) is 0.429. The van der Waals surface area contributed by atoms with Gasteiger partial charge in [0.1, 0.15) is 11.0 Å². The van der Waals surface area contributed by atoms with Crippen LogP contribution in [0.1, 0.15) is 30.9 Å². The van der Waals surface area contributed by atoms with E-state index in [1.165, 1.54) is 5.56 Å². The highest BCUT2D eigenvalue weighted by atomic mass is 35.5. The van der Waals surface area contributed by atoms with Gasteiger partial charge in [-0.15, -0.1) is 0 Å². The van der Waals surface area contributed by atoms with E-state index < -0.39 is 0 Å². The van der Waals surface area contributed by atoms with E-state index in [0.29, 0.717) is 17.6 Å². The number of likely N-dealkylation sites (tertiary alicyclic amines) is 1. The maximum absolute atomic E-state index is 12.5. The fourth-order valence-electron chi connectivity index (χ4n) is 4.18. The van der Waals surface area contributed by atoms with Crippen molar-refractivity contribution in [1.82, 2.24) is 9.88 Å². The lowest BCUT2D eigenvalue weighted by atomic mass is 9.93. The van der Waals surface area contributed by atoms with Gasteiger partial charge in [-0.1, -0.05) is 48.0 Å². The number of piperidine rings is 1. The summed E-state index contributed by atoms with van der Waals surface area (Å²) in [7, 11) is 0. The zero-order chi connectivity index (χ0) is 18.1. The maximum atomic E-state index is 12.5. The number of rotatable bonds is 3. The first kappa shape index (κ1) is 17.5. The Labute approximate surface area is 159 Å². The van der Waals surface area contributed by atoms with Gasteiger partial charge in [-0.3, -0.25) is 9.69 Å². The van der Waals surface area contributed by atoms with Gasteiger partial charge in [0.25, 0.3) is 0 Å². The van der Waals surface area contributed by atoms with E-state index in [2.05, 4.69) is 45.1 Å². The minimum Gasteiger partial charge on any atom is -0.343 e. The Bertz CT molecular complexity index is 787. The van der Waals surface area contributed by atoms with Crippen LogP contribution in [0.25, 0.3) is 0 Å². The Morgan fingerprint density at radius 2 is 1.85 bits per heavy atom. The summed E-state index contributed by atoms with van der Waals surface area (Å²) in [6.45, 7) is 5.06. The van der Waals surface area contributed by atoms with E-state index in [4.69, 9.17) is 11.6 Å². The molecule has 0 saturated carbocycles.